The Labute approximate surface area is 74.4 Å². The minimum Gasteiger partial charge on any atom is -0.345 e. The summed E-state index contributed by atoms with van der Waals surface area (Å²) < 4.78 is 0. The number of amides is 1. The van der Waals surface area contributed by atoms with Crippen molar-refractivity contribution in [2.45, 2.75) is 12.8 Å². The third-order valence-corrected chi connectivity index (χ3v) is 1.67. The predicted molar refractivity (Wildman–Crippen MR) is 51.0 cm³/mol. The van der Waals surface area contributed by atoms with Crippen LogP contribution < -0.4 is 5.32 Å². The summed E-state index contributed by atoms with van der Waals surface area (Å²) in [5, 5.41) is 3.04. The zero-order valence-corrected chi connectivity index (χ0v) is 7.97. The second-order valence-electron chi connectivity index (χ2n) is 2.77. The summed E-state index contributed by atoms with van der Waals surface area (Å²) in [6.07, 6.45) is 3.07. The number of nitrogens with zero attached hydrogens (tertiary/aromatic N) is 1. The average molecular weight is 170 g/mol. The fraction of sp³-hybridized carbons (Fsp3) is 0.667. The molecule has 0 bridgehead atoms. The number of carbonyl (C=O) groups excluding carboxylic acids is 1. The van der Waals surface area contributed by atoms with Crippen LogP contribution in [0.2, 0.25) is 0 Å². The molecule has 0 aliphatic carbocycles. The van der Waals surface area contributed by atoms with Gasteiger partial charge in [-0.1, -0.05) is 6.08 Å². The molecular weight excluding hydrogens is 152 g/mol. The van der Waals surface area contributed by atoms with E-state index in [1.807, 2.05) is 14.1 Å². The van der Waals surface area contributed by atoms with E-state index in [1.165, 1.54) is 0 Å². The van der Waals surface area contributed by atoms with Gasteiger partial charge in [0.25, 0.3) is 0 Å². The van der Waals surface area contributed by atoms with Gasteiger partial charge in [-0.3, -0.25) is 4.79 Å². The van der Waals surface area contributed by atoms with Crippen molar-refractivity contribution >= 4 is 5.91 Å². The Morgan fingerprint density at radius 1 is 1.67 bits per heavy atom. The van der Waals surface area contributed by atoms with Crippen molar-refractivity contribution in [3.05, 3.63) is 12.7 Å². The van der Waals surface area contributed by atoms with Crippen molar-refractivity contribution in [2.24, 2.45) is 0 Å². The zero-order chi connectivity index (χ0) is 9.40. The van der Waals surface area contributed by atoms with Crippen LogP contribution in [0.1, 0.15) is 12.8 Å². The normalized spacial score (nSPS) is 9.50. The van der Waals surface area contributed by atoms with Crippen molar-refractivity contribution in [3.63, 3.8) is 0 Å². The molecule has 0 unspecified atom stereocenters. The quantitative estimate of drug-likeness (QED) is 0.468. The summed E-state index contributed by atoms with van der Waals surface area (Å²) in [7, 11) is 3.73. The first-order valence-corrected chi connectivity index (χ1v) is 4.21. The van der Waals surface area contributed by atoms with Crippen LogP contribution in [0.3, 0.4) is 0 Å². The molecule has 3 nitrogen and oxygen atoms in total. The van der Waals surface area contributed by atoms with Gasteiger partial charge in [0.15, 0.2) is 0 Å². The average Bonchev–Trinajstić information content (AvgIpc) is 2.05. The van der Waals surface area contributed by atoms with Gasteiger partial charge in [-0.25, -0.2) is 0 Å². The van der Waals surface area contributed by atoms with E-state index in [0.29, 0.717) is 6.42 Å². The van der Waals surface area contributed by atoms with E-state index in [0.717, 1.165) is 19.5 Å². The maximum Gasteiger partial charge on any atom is 0.226 e. The Hall–Kier alpha value is -0.830. The second kappa shape index (κ2) is 6.85. The number of nitrogens with one attached hydrogen (secondary N) is 1. The molecule has 1 amide bonds. The SMILES string of the molecule is C=CCC(=O)N(C)CCCNC. The van der Waals surface area contributed by atoms with Crippen LogP contribution >= 0.6 is 0 Å². The molecule has 0 radical (unpaired) electrons. The molecule has 0 rings (SSSR count). The van der Waals surface area contributed by atoms with E-state index in [1.54, 1.807) is 11.0 Å². The van der Waals surface area contributed by atoms with Gasteiger partial charge in [-0.05, 0) is 20.0 Å². The molecule has 0 spiro atoms. The lowest BCUT2D eigenvalue weighted by molar-refractivity contribution is -0.129. The van der Waals surface area contributed by atoms with E-state index >= 15 is 0 Å². The summed E-state index contributed by atoms with van der Waals surface area (Å²) in [5.41, 5.74) is 0. The fourth-order valence-electron chi connectivity index (χ4n) is 0.897. The summed E-state index contributed by atoms with van der Waals surface area (Å²) in [6.45, 7) is 5.28. The monoisotopic (exact) mass is 170 g/mol. The van der Waals surface area contributed by atoms with Gasteiger partial charge in [-0.15, -0.1) is 6.58 Å². The highest BCUT2D eigenvalue weighted by molar-refractivity contribution is 5.77. The van der Waals surface area contributed by atoms with Gasteiger partial charge >= 0.3 is 0 Å². The Balaban J connectivity index is 3.49. The van der Waals surface area contributed by atoms with E-state index in [-0.39, 0.29) is 5.91 Å². The van der Waals surface area contributed by atoms with Crippen LogP contribution in [-0.2, 0) is 4.79 Å². The first-order valence-electron chi connectivity index (χ1n) is 4.21. The second-order valence-corrected chi connectivity index (χ2v) is 2.77. The third kappa shape index (κ3) is 4.91. The van der Waals surface area contributed by atoms with Crippen molar-refractivity contribution in [1.29, 1.82) is 0 Å². The molecule has 0 aromatic rings. The molecule has 0 aromatic carbocycles. The van der Waals surface area contributed by atoms with Crippen molar-refractivity contribution < 1.29 is 4.79 Å². The van der Waals surface area contributed by atoms with Gasteiger partial charge in [-0.2, -0.15) is 0 Å². The van der Waals surface area contributed by atoms with Crippen LogP contribution in [-0.4, -0.2) is 38.0 Å². The first kappa shape index (κ1) is 11.2. The van der Waals surface area contributed by atoms with Crippen LogP contribution in [0.25, 0.3) is 0 Å². The third-order valence-electron chi connectivity index (χ3n) is 1.67. The largest absolute Gasteiger partial charge is 0.345 e. The molecule has 0 fully saturated rings. The highest BCUT2D eigenvalue weighted by atomic mass is 16.2. The maximum absolute atomic E-state index is 11.2. The van der Waals surface area contributed by atoms with Gasteiger partial charge < -0.3 is 10.2 Å². The highest BCUT2D eigenvalue weighted by Gasteiger charge is 2.04. The van der Waals surface area contributed by atoms with Crippen LogP contribution in [0.15, 0.2) is 12.7 Å². The highest BCUT2D eigenvalue weighted by Crippen LogP contribution is 1.92. The molecule has 70 valence electrons. The van der Waals surface area contributed by atoms with E-state index in [4.69, 9.17) is 0 Å². The molecule has 0 saturated heterocycles. The molecule has 0 aliphatic rings. The lowest BCUT2D eigenvalue weighted by Crippen LogP contribution is -2.28. The molecule has 3 heteroatoms. The minimum atomic E-state index is 0.140. The summed E-state index contributed by atoms with van der Waals surface area (Å²) in [6, 6.07) is 0. The Morgan fingerprint density at radius 2 is 2.33 bits per heavy atom. The molecule has 12 heavy (non-hydrogen) atoms. The van der Waals surface area contributed by atoms with Crippen molar-refractivity contribution in [1.82, 2.24) is 10.2 Å². The maximum atomic E-state index is 11.2. The Morgan fingerprint density at radius 3 is 2.83 bits per heavy atom. The first-order chi connectivity index (χ1) is 5.72. The Kier molecular flexibility index (Phi) is 6.38. The zero-order valence-electron chi connectivity index (χ0n) is 7.97. The standard InChI is InChI=1S/C9H18N2O/c1-4-6-9(12)11(3)8-5-7-10-2/h4,10H,1,5-8H2,2-3H3. The lowest BCUT2D eigenvalue weighted by atomic mass is 10.3. The number of carbonyl (C=O) groups is 1. The predicted octanol–water partition coefficient (Wildman–Crippen LogP) is 0.630. The fourth-order valence-corrected chi connectivity index (χ4v) is 0.897. The van der Waals surface area contributed by atoms with Gasteiger partial charge in [0.1, 0.15) is 0 Å². The Bertz CT molecular complexity index is 145. The number of hydrogen-bond donors (Lipinski definition) is 1. The molecular formula is C9H18N2O. The summed E-state index contributed by atoms with van der Waals surface area (Å²) in [5.74, 6) is 0.140. The summed E-state index contributed by atoms with van der Waals surface area (Å²) in [4.78, 5) is 12.9. The minimum absolute atomic E-state index is 0.140. The summed E-state index contributed by atoms with van der Waals surface area (Å²) >= 11 is 0. The van der Waals surface area contributed by atoms with Crippen molar-refractivity contribution in [2.75, 3.05) is 27.2 Å². The van der Waals surface area contributed by atoms with Crippen LogP contribution in [0, 0.1) is 0 Å². The van der Waals surface area contributed by atoms with E-state index in [9.17, 15) is 4.79 Å². The molecule has 0 heterocycles. The van der Waals surface area contributed by atoms with Gasteiger partial charge in [0.05, 0.1) is 0 Å². The van der Waals surface area contributed by atoms with Gasteiger partial charge in [0, 0.05) is 20.0 Å². The van der Waals surface area contributed by atoms with E-state index in [2.05, 4.69) is 11.9 Å². The lowest BCUT2D eigenvalue weighted by Gasteiger charge is -2.15. The van der Waals surface area contributed by atoms with Crippen molar-refractivity contribution in [3.8, 4) is 0 Å². The molecule has 0 aliphatic heterocycles. The molecule has 0 aromatic heterocycles. The molecule has 0 atom stereocenters. The number of rotatable bonds is 6. The van der Waals surface area contributed by atoms with Crippen LogP contribution in [0.4, 0.5) is 0 Å². The smallest absolute Gasteiger partial charge is 0.226 e. The van der Waals surface area contributed by atoms with Crippen LogP contribution in [0.5, 0.6) is 0 Å². The molecule has 0 saturated carbocycles. The van der Waals surface area contributed by atoms with E-state index < -0.39 is 0 Å². The molecule has 1 N–H and O–H groups in total. The topological polar surface area (TPSA) is 32.3 Å². The number of hydrogen-bond acceptors (Lipinski definition) is 2. The van der Waals surface area contributed by atoms with Gasteiger partial charge in [0.2, 0.25) is 5.91 Å².